The molecule has 0 N–H and O–H groups in total. The fourth-order valence-corrected chi connectivity index (χ4v) is 6.31. The molecule has 1 fully saturated rings. The number of carbonyl (C=O) groups excluding carboxylic acids is 1. The Morgan fingerprint density at radius 2 is 1.97 bits per heavy atom. The van der Waals surface area contributed by atoms with E-state index in [2.05, 4.69) is 52.8 Å². The second kappa shape index (κ2) is 9.23. The molecule has 0 heterocycles. The minimum absolute atomic E-state index is 0.0224. The van der Waals surface area contributed by atoms with Crippen molar-refractivity contribution in [3.05, 3.63) is 34.9 Å². The standard InChI is InChI=1S/C27H42O2/c1-6-7-8-9-17-29-25(28)19-26(4)15-10-16-27(5)23-13-11-21(20(2)3)18-22(23)12-14-24(26)27/h11,13,18,20,24H,6-10,12,14-17,19H2,1-5H3/t24-,26-,27+/m0/s1. The third-order valence-electron chi connectivity index (χ3n) is 7.98. The quantitative estimate of drug-likeness (QED) is 0.338. The Balaban J connectivity index is 1.72. The summed E-state index contributed by atoms with van der Waals surface area (Å²) in [6.07, 6.45) is 11.1. The van der Waals surface area contributed by atoms with Crippen LogP contribution in [0.1, 0.15) is 115 Å². The summed E-state index contributed by atoms with van der Waals surface area (Å²) in [6, 6.07) is 7.21. The van der Waals surface area contributed by atoms with Gasteiger partial charge < -0.3 is 4.74 Å². The van der Waals surface area contributed by atoms with Crippen molar-refractivity contribution < 1.29 is 9.53 Å². The maximum atomic E-state index is 12.7. The molecule has 29 heavy (non-hydrogen) atoms. The van der Waals surface area contributed by atoms with Gasteiger partial charge in [-0.3, -0.25) is 4.79 Å². The Bertz CT molecular complexity index is 706. The van der Waals surface area contributed by atoms with Crippen LogP contribution in [-0.2, 0) is 21.4 Å². The van der Waals surface area contributed by atoms with Crippen LogP contribution in [0, 0.1) is 11.3 Å². The van der Waals surface area contributed by atoms with E-state index < -0.39 is 0 Å². The molecule has 2 nitrogen and oxygen atoms in total. The van der Waals surface area contributed by atoms with E-state index in [1.165, 1.54) is 37.7 Å². The van der Waals surface area contributed by atoms with Gasteiger partial charge in [-0.15, -0.1) is 0 Å². The normalized spacial score (nSPS) is 28.7. The molecule has 3 rings (SSSR count). The van der Waals surface area contributed by atoms with Crippen LogP contribution >= 0.6 is 0 Å². The molecule has 162 valence electrons. The van der Waals surface area contributed by atoms with Gasteiger partial charge in [0.25, 0.3) is 0 Å². The molecule has 1 saturated carbocycles. The molecule has 1 aromatic carbocycles. The highest BCUT2D eigenvalue weighted by molar-refractivity contribution is 5.70. The van der Waals surface area contributed by atoms with Crippen LogP contribution in [0.3, 0.4) is 0 Å². The minimum Gasteiger partial charge on any atom is -0.466 e. The smallest absolute Gasteiger partial charge is 0.306 e. The number of fused-ring (bicyclic) bond motifs is 3. The Kier molecular flexibility index (Phi) is 7.12. The summed E-state index contributed by atoms with van der Waals surface area (Å²) < 4.78 is 5.64. The van der Waals surface area contributed by atoms with Crippen LogP contribution in [0.15, 0.2) is 18.2 Å². The minimum atomic E-state index is 0.0224. The van der Waals surface area contributed by atoms with E-state index >= 15 is 0 Å². The largest absolute Gasteiger partial charge is 0.466 e. The lowest BCUT2D eigenvalue weighted by Gasteiger charge is -2.55. The third kappa shape index (κ3) is 4.72. The van der Waals surface area contributed by atoms with E-state index in [1.807, 2.05) is 0 Å². The molecule has 0 spiro atoms. The highest BCUT2D eigenvalue weighted by atomic mass is 16.5. The first-order valence-corrected chi connectivity index (χ1v) is 12.1. The Hall–Kier alpha value is -1.31. The summed E-state index contributed by atoms with van der Waals surface area (Å²) in [5.41, 5.74) is 4.81. The van der Waals surface area contributed by atoms with Crippen molar-refractivity contribution in [1.29, 1.82) is 0 Å². The van der Waals surface area contributed by atoms with Crippen molar-refractivity contribution in [3.63, 3.8) is 0 Å². The average molecular weight is 399 g/mol. The van der Waals surface area contributed by atoms with Gasteiger partial charge in [-0.1, -0.05) is 78.5 Å². The van der Waals surface area contributed by atoms with Crippen LogP contribution in [0.4, 0.5) is 0 Å². The van der Waals surface area contributed by atoms with Gasteiger partial charge >= 0.3 is 5.97 Å². The second-order valence-electron chi connectivity index (χ2n) is 10.5. The number of benzene rings is 1. The van der Waals surface area contributed by atoms with Gasteiger partial charge in [-0.25, -0.2) is 0 Å². The zero-order valence-electron chi connectivity index (χ0n) is 19.5. The number of esters is 1. The van der Waals surface area contributed by atoms with E-state index in [0.29, 0.717) is 24.9 Å². The van der Waals surface area contributed by atoms with Gasteiger partial charge in [0.05, 0.1) is 13.0 Å². The summed E-state index contributed by atoms with van der Waals surface area (Å²) >= 11 is 0. The Morgan fingerprint density at radius 3 is 2.69 bits per heavy atom. The third-order valence-corrected chi connectivity index (χ3v) is 7.98. The molecular formula is C27H42O2. The fraction of sp³-hybridized carbons (Fsp3) is 0.741. The molecule has 0 amide bonds. The van der Waals surface area contributed by atoms with Crippen molar-refractivity contribution >= 4 is 5.97 Å². The van der Waals surface area contributed by atoms with Crippen LogP contribution in [0.25, 0.3) is 0 Å². The van der Waals surface area contributed by atoms with Gasteiger partial charge in [-0.2, -0.15) is 0 Å². The lowest BCUT2D eigenvalue weighted by molar-refractivity contribution is -0.149. The Labute approximate surface area is 178 Å². The topological polar surface area (TPSA) is 26.3 Å². The summed E-state index contributed by atoms with van der Waals surface area (Å²) in [4.78, 5) is 12.7. The molecule has 0 saturated heterocycles. The average Bonchev–Trinajstić information content (AvgIpc) is 2.67. The van der Waals surface area contributed by atoms with E-state index in [1.54, 1.807) is 11.1 Å². The van der Waals surface area contributed by atoms with Gasteiger partial charge in [-0.05, 0) is 71.5 Å². The predicted octanol–water partition coefficient (Wildman–Crippen LogP) is 7.33. The molecule has 0 unspecified atom stereocenters. The number of carbonyl (C=O) groups is 1. The molecule has 0 aliphatic heterocycles. The lowest BCUT2D eigenvalue weighted by Crippen LogP contribution is -2.50. The second-order valence-corrected chi connectivity index (χ2v) is 10.5. The number of rotatable bonds is 8. The molecule has 1 aromatic rings. The first-order chi connectivity index (χ1) is 13.8. The highest BCUT2D eigenvalue weighted by Gasteiger charge is 2.52. The van der Waals surface area contributed by atoms with Crippen LogP contribution < -0.4 is 0 Å². The number of hydrogen-bond acceptors (Lipinski definition) is 2. The first-order valence-electron chi connectivity index (χ1n) is 12.1. The zero-order valence-corrected chi connectivity index (χ0v) is 19.5. The molecule has 2 heteroatoms. The van der Waals surface area contributed by atoms with E-state index in [9.17, 15) is 4.79 Å². The molecule has 0 radical (unpaired) electrons. The summed E-state index contributed by atoms with van der Waals surface area (Å²) in [7, 11) is 0. The predicted molar refractivity (Wildman–Crippen MR) is 121 cm³/mol. The van der Waals surface area contributed by atoms with Gasteiger partial charge in [0.15, 0.2) is 0 Å². The molecule has 0 bridgehead atoms. The van der Waals surface area contributed by atoms with Crippen molar-refractivity contribution in [2.75, 3.05) is 6.61 Å². The van der Waals surface area contributed by atoms with Gasteiger partial charge in [0, 0.05) is 0 Å². The molecule has 2 aliphatic carbocycles. The van der Waals surface area contributed by atoms with Crippen molar-refractivity contribution in [2.24, 2.45) is 11.3 Å². The first kappa shape index (κ1) is 22.4. The van der Waals surface area contributed by atoms with Crippen LogP contribution in [0.2, 0.25) is 0 Å². The number of aryl methyl sites for hydroxylation is 1. The summed E-state index contributed by atoms with van der Waals surface area (Å²) in [5, 5.41) is 0. The SMILES string of the molecule is CCCCCCOC(=O)C[C@]1(C)CCC[C@]2(C)c3ccc(C(C)C)cc3CC[C@@H]12. The van der Waals surface area contributed by atoms with Crippen LogP contribution in [-0.4, -0.2) is 12.6 Å². The molecule has 2 aliphatic rings. The summed E-state index contributed by atoms with van der Waals surface area (Å²) in [6.45, 7) is 12.2. The molecule has 0 aromatic heterocycles. The Morgan fingerprint density at radius 1 is 1.17 bits per heavy atom. The van der Waals surface area contributed by atoms with Crippen LogP contribution in [0.5, 0.6) is 0 Å². The fourth-order valence-electron chi connectivity index (χ4n) is 6.31. The monoisotopic (exact) mass is 398 g/mol. The maximum absolute atomic E-state index is 12.7. The van der Waals surface area contributed by atoms with Crippen molar-refractivity contribution in [3.8, 4) is 0 Å². The number of hydrogen-bond donors (Lipinski definition) is 0. The van der Waals surface area contributed by atoms with Gasteiger partial charge in [0.1, 0.15) is 0 Å². The van der Waals surface area contributed by atoms with Gasteiger partial charge in [0.2, 0.25) is 0 Å². The van der Waals surface area contributed by atoms with E-state index in [0.717, 1.165) is 25.7 Å². The number of unbranched alkanes of at least 4 members (excludes halogenated alkanes) is 3. The lowest BCUT2D eigenvalue weighted by atomic mass is 9.49. The molecule has 3 atom stereocenters. The van der Waals surface area contributed by atoms with Crippen molar-refractivity contribution in [1.82, 2.24) is 0 Å². The van der Waals surface area contributed by atoms with Crippen molar-refractivity contribution in [2.45, 2.75) is 110 Å². The summed E-state index contributed by atoms with van der Waals surface area (Å²) in [5.74, 6) is 1.16. The van der Waals surface area contributed by atoms with E-state index in [4.69, 9.17) is 4.74 Å². The molecular weight excluding hydrogens is 356 g/mol. The maximum Gasteiger partial charge on any atom is 0.306 e. The number of ether oxygens (including phenoxy) is 1. The zero-order chi connectivity index (χ0) is 21.1. The van der Waals surface area contributed by atoms with E-state index in [-0.39, 0.29) is 16.8 Å². The highest BCUT2D eigenvalue weighted by Crippen LogP contribution is 2.58.